The molecule has 3 aromatic carbocycles. The van der Waals surface area contributed by atoms with Gasteiger partial charge in [-0.3, -0.25) is 14.5 Å². The summed E-state index contributed by atoms with van der Waals surface area (Å²) < 4.78 is 6.59. The lowest BCUT2D eigenvalue weighted by molar-refractivity contribution is -0.132. The number of Topliss-reactive ketones (excluding diaryl/α,β-unsaturated/α-hetero) is 1. The number of aromatic nitrogens is 1. The van der Waals surface area contributed by atoms with E-state index in [0.717, 1.165) is 28.0 Å². The van der Waals surface area contributed by atoms with Gasteiger partial charge < -0.3 is 9.84 Å². The van der Waals surface area contributed by atoms with Crippen LogP contribution < -0.4 is 9.64 Å². The van der Waals surface area contributed by atoms with Crippen molar-refractivity contribution < 1.29 is 19.4 Å². The van der Waals surface area contributed by atoms with Gasteiger partial charge in [0.2, 0.25) is 0 Å². The van der Waals surface area contributed by atoms with E-state index < -0.39 is 17.7 Å². The van der Waals surface area contributed by atoms with Gasteiger partial charge in [0, 0.05) is 17.0 Å². The molecule has 4 aromatic rings. The van der Waals surface area contributed by atoms with E-state index in [4.69, 9.17) is 16.3 Å². The number of rotatable bonds is 4. The van der Waals surface area contributed by atoms with E-state index in [1.165, 1.54) is 16.2 Å². The highest BCUT2D eigenvalue weighted by molar-refractivity contribution is 7.22. The monoisotopic (exact) mass is 530 g/mol. The van der Waals surface area contributed by atoms with Crippen LogP contribution in [0.1, 0.15) is 42.1 Å². The van der Waals surface area contributed by atoms with Gasteiger partial charge in [-0.1, -0.05) is 54.1 Å². The van der Waals surface area contributed by atoms with Crippen LogP contribution in [0.3, 0.4) is 0 Å². The Morgan fingerprint density at radius 2 is 1.92 bits per heavy atom. The zero-order chi connectivity index (χ0) is 25.8. The number of hydrogen-bond acceptors (Lipinski definition) is 6. The van der Waals surface area contributed by atoms with Crippen molar-refractivity contribution in [1.82, 2.24) is 4.98 Å². The number of anilines is 1. The van der Waals surface area contributed by atoms with Crippen molar-refractivity contribution in [2.45, 2.75) is 38.8 Å². The number of carbonyl (C=O) groups is 2. The number of hydrogen-bond donors (Lipinski definition) is 1. The van der Waals surface area contributed by atoms with Crippen LogP contribution in [0.4, 0.5) is 5.13 Å². The average Bonchev–Trinajstić information content (AvgIpc) is 3.55. The van der Waals surface area contributed by atoms with Gasteiger partial charge in [0.1, 0.15) is 17.6 Å². The second kappa shape index (κ2) is 9.01. The zero-order valence-corrected chi connectivity index (χ0v) is 21.8. The molecule has 37 heavy (non-hydrogen) atoms. The van der Waals surface area contributed by atoms with E-state index in [9.17, 15) is 14.7 Å². The first-order chi connectivity index (χ1) is 17.8. The molecule has 0 aliphatic carbocycles. The largest absolute Gasteiger partial charge is 0.507 e. The number of aliphatic hydroxyl groups excluding tert-OH is 1. The van der Waals surface area contributed by atoms with Gasteiger partial charge in [-0.2, -0.15) is 0 Å². The average molecular weight is 531 g/mol. The molecule has 0 spiro atoms. The molecule has 6 rings (SSSR count). The van der Waals surface area contributed by atoms with Crippen molar-refractivity contribution in [2.75, 3.05) is 4.90 Å². The highest BCUT2D eigenvalue weighted by Gasteiger charge is 2.48. The highest BCUT2D eigenvalue weighted by Crippen LogP contribution is 2.45. The number of ether oxygens (including phenoxy) is 1. The number of fused-ring (bicyclic) bond motifs is 2. The van der Waals surface area contributed by atoms with E-state index in [1.807, 2.05) is 37.3 Å². The normalized spacial score (nSPS) is 20.5. The fourth-order valence-electron chi connectivity index (χ4n) is 5.00. The van der Waals surface area contributed by atoms with Gasteiger partial charge >= 0.3 is 5.91 Å². The Kier molecular flexibility index (Phi) is 5.77. The number of aliphatic hydroxyl groups is 1. The summed E-state index contributed by atoms with van der Waals surface area (Å²) in [5.41, 5.74) is 3.99. The van der Waals surface area contributed by atoms with E-state index in [0.29, 0.717) is 33.2 Å². The Hall–Kier alpha value is -3.68. The summed E-state index contributed by atoms with van der Waals surface area (Å²) in [6, 6.07) is 17.6. The Labute approximate surface area is 222 Å². The van der Waals surface area contributed by atoms with E-state index >= 15 is 0 Å². The molecule has 1 N–H and O–H groups in total. The quantitative estimate of drug-likeness (QED) is 0.186. The summed E-state index contributed by atoms with van der Waals surface area (Å²) >= 11 is 7.45. The summed E-state index contributed by atoms with van der Waals surface area (Å²) in [5, 5.41) is 12.4. The molecule has 8 heteroatoms. The minimum Gasteiger partial charge on any atom is -0.507 e. The first kappa shape index (κ1) is 23.7. The molecule has 0 saturated carbocycles. The van der Waals surface area contributed by atoms with Gasteiger partial charge in [0.15, 0.2) is 5.13 Å². The maximum absolute atomic E-state index is 13.5. The van der Waals surface area contributed by atoms with Crippen molar-refractivity contribution in [3.63, 3.8) is 0 Å². The third kappa shape index (κ3) is 3.99. The summed E-state index contributed by atoms with van der Waals surface area (Å²) in [5.74, 6) is -0.917. The number of thiazole rings is 1. The van der Waals surface area contributed by atoms with E-state index in [2.05, 4.69) is 11.9 Å². The first-order valence-corrected chi connectivity index (χ1v) is 13.3. The zero-order valence-electron chi connectivity index (χ0n) is 20.2. The third-order valence-corrected chi connectivity index (χ3v) is 8.12. The number of halogens is 1. The third-order valence-electron chi connectivity index (χ3n) is 6.86. The molecule has 1 aromatic heterocycles. The van der Waals surface area contributed by atoms with Crippen LogP contribution in [0.5, 0.6) is 5.75 Å². The molecule has 2 aliphatic rings. The lowest BCUT2D eigenvalue weighted by Crippen LogP contribution is -2.29. The standard InChI is InChI=1S/C29H23ClN2O4S/c1-3-16-4-6-17(7-5-16)25-24(26(33)18-8-11-22-19(13-18)12-15(2)36-22)27(34)28(35)32(25)29-31-21-10-9-20(30)14-23(21)37-29/h4-11,13-15,25,33H,3,12H2,1-2H3/b26-24+. The minimum absolute atomic E-state index is 0.0402. The van der Waals surface area contributed by atoms with Crippen LogP contribution in [-0.4, -0.2) is 27.9 Å². The second-order valence-electron chi connectivity index (χ2n) is 9.33. The molecule has 0 bridgehead atoms. The SMILES string of the molecule is CCc1ccc(C2/C(=C(\O)c3ccc4c(c3)CC(C)O4)C(=O)C(=O)N2c2nc3ccc(Cl)cc3s2)cc1. The fourth-order valence-corrected chi connectivity index (χ4v) is 6.26. The van der Waals surface area contributed by atoms with Gasteiger partial charge in [0.25, 0.3) is 5.78 Å². The Morgan fingerprint density at radius 1 is 1.14 bits per heavy atom. The maximum atomic E-state index is 13.5. The van der Waals surface area contributed by atoms with E-state index in [-0.39, 0.29) is 17.4 Å². The van der Waals surface area contributed by atoms with Crippen molar-refractivity contribution in [2.24, 2.45) is 0 Å². The second-order valence-corrected chi connectivity index (χ2v) is 10.8. The summed E-state index contributed by atoms with van der Waals surface area (Å²) in [4.78, 5) is 33.0. The van der Waals surface area contributed by atoms with Crippen molar-refractivity contribution in [1.29, 1.82) is 0 Å². The Balaban J connectivity index is 1.53. The smallest absolute Gasteiger partial charge is 0.301 e. The molecule has 1 amide bonds. The lowest BCUT2D eigenvalue weighted by atomic mass is 9.94. The Morgan fingerprint density at radius 3 is 2.68 bits per heavy atom. The summed E-state index contributed by atoms with van der Waals surface area (Å²) in [6.45, 7) is 4.04. The van der Waals surface area contributed by atoms with Crippen LogP contribution in [-0.2, 0) is 22.4 Å². The lowest BCUT2D eigenvalue weighted by Gasteiger charge is -2.23. The number of carbonyl (C=O) groups excluding carboxylic acids is 2. The topological polar surface area (TPSA) is 79.7 Å². The van der Waals surface area contributed by atoms with Crippen LogP contribution in [0.2, 0.25) is 5.02 Å². The molecule has 2 unspecified atom stereocenters. The van der Waals surface area contributed by atoms with E-state index in [1.54, 1.807) is 30.3 Å². The molecule has 2 aliphatic heterocycles. The summed E-state index contributed by atoms with van der Waals surface area (Å²) in [6.07, 6.45) is 1.61. The van der Waals surface area contributed by atoms with Gasteiger partial charge in [-0.25, -0.2) is 4.98 Å². The molecule has 3 heterocycles. The molecule has 1 fully saturated rings. The number of benzene rings is 3. The molecular weight excluding hydrogens is 508 g/mol. The van der Waals surface area contributed by atoms with Crippen molar-refractivity contribution in [3.05, 3.63) is 93.5 Å². The van der Waals surface area contributed by atoms with Crippen molar-refractivity contribution in [3.8, 4) is 5.75 Å². The predicted octanol–water partition coefficient (Wildman–Crippen LogP) is 6.46. The van der Waals surface area contributed by atoms with Crippen LogP contribution in [0.15, 0.2) is 66.2 Å². The fraction of sp³-hybridized carbons (Fsp3) is 0.207. The molecule has 2 atom stereocenters. The van der Waals surface area contributed by atoms with Crippen LogP contribution in [0.25, 0.3) is 16.0 Å². The molecular formula is C29H23ClN2O4S. The van der Waals surface area contributed by atoms with Gasteiger partial charge in [-0.05, 0) is 66.4 Å². The number of ketones is 1. The molecule has 1 saturated heterocycles. The first-order valence-electron chi connectivity index (χ1n) is 12.1. The molecule has 186 valence electrons. The van der Waals surface area contributed by atoms with Crippen LogP contribution in [0, 0.1) is 0 Å². The maximum Gasteiger partial charge on any atom is 0.301 e. The minimum atomic E-state index is -0.828. The molecule has 0 radical (unpaired) electrons. The highest BCUT2D eigenvalue weighted by atomic mass is 35.5. The van der Waals surface area contributed by atoms with Crippen LogP contribution >= 0.6 is 22.9 Å². The number of aryl methyl sites for hydroxylation is 1. The number of nitrogens with zero attached hydrogens (tertiary/aromatic N) is 2. The molecule has 6 nitrogen and oxygen atoms in total. The predicted molar refractivity (Wildman–Crippen MR) is 145 cm³/mol. The summed E-state index contributed by atoms with van der Waals surface area (Å²) in [7, 11) is 0. The number of amides is 1. The van der Waals surface area contributed by atoms with Crippen molar-refractivity contribution >= 4 is 55.7 Å². The van der Waals surface area contributed by atoms with Gasteiger partial charge in [-0.15, -0.1) is 0 Å². The van der Waals surface area contributed by atoms with Gasteiger partial charge in [0.05, 0.1) is 21.8 Å². The Bertz CT molecular complexity index is 1610.